The first-order chi connectivity index (χ1) is 13.6. The average Bonchev–Trinajstić information content (AvgIpc) is 2.73. The van der Waals surface area contributed by atoms with Gasteiger partial charge >= 0.3 is 0 Å². The van der Waals surface area contributed by atoms with Crippen molar-refractivity contribution in [1.29, 1.82) is 0 Å². The molecule has 0 saturated heterocycles. The van der Waals surface area contributed by atoms with E-state index >= 15 is 0 Å². The summed E-state index contributed by atoms with van der Waals surface area (Å²) >= 11 is 0. The van der Waals surface area contributed by atoms with Gasteiger partial charge in [0, 0.05) is 50.0 Å². The Hall–Kier alpha value is -3.21. The number of pyridine rings is 2. The van der Waals surface area contributed by atoms with E-state index in [1.165, 1.54) is 5.56 Å². The molecule has 3 aromatic rings. The number of amides is 1. The molecule has 144 valence electrons. The summed E-state index contributed by atoms with van der Waals surface area (Å²) in [7, 11) is 2.00. The van der Waals surface area contributed by atoms with Gasteiger partial charge in [-0.3, -0.25) is 9.78 Å². The quantitative estimate of drug-likeness (QED) is 0.624. The van der Waals surface area contributed by atoms with Crippen molar-refractivity contribution in [3.8, 4) is 0 Å². The Bertz CT molecular complexity index is 927. The number of carbonyl (C=O) groups excluding carboxylic acids is 1. The highest BCUT2D eigenvalue weighted by Gasteiger charge is 2.17. The van der Waals surface area contributed by atoms with E-state index in [1.54, 1.807) is 29.6 Å². The number of anilines is 2. The second-order valence-electron chi connectivity index (χ2n) is 6.82. The maximum atomic E-state index is 13.1. The molecule has 1 amide bonds. The van der Waals surface area contributed by atoms with Crippen molar-refractivity contribution in [3.05, 3.63) is 83.8 Å². The molecule has 28 heavy (non-hydrogen) atoms. The van der Waals surface area contributed by atoms with Crippen molar-refractivity contribution >= 4 is 17.4 Å². The maximum absolute atomic E-state index is 13.1. The number of rotatable bonds is 7. The largest absolute Gasteiger partial charge is 0.359 e. The van der Waals surface area contributed by atoms with Crippen LogP contribution >= 0.6 is 0 Å². The summed E-state index contributed by atoms with van der Waals surface area (Å²) in [5, 5.41) is 0. The van der Waals surface area contributed by atoms with Crippen molar-refractivity contribution in [3.63, 3.8) is 0 Å². The lowest BCUT2D eigenvalue weighted by Gasteiger charge is -2.23. The number of benzene rings is 1. The third-order valence-electron chi connectivity index (χ3n) is 4.74. The number of carbonyl (C=O) groups is 1. The van der Waals surface area contributed by atoms with E-state index in [9.17, 15) is 4.79 Å². The summed E-state index contributed by atoms with van der Waals surface area (Å²) in [5.41, 5.74) is 3.92. The van der Waals surface area contributed by atoms with Gasteiger partial charge in [0.05, 0.1) is 0 Å². The van der Waals surface area contributed by atoms with Crippen LogP contribution < -0.4 is 9.80 Å². The Morgan fingerprint density at radius 2 is 1.82 bits per heavy atom. The number of hydrogen-bond donors (Lipinski definition) is 0. The van der Waals surface area contributed by atoms with Gasteiger partial charge in [-0.1, -0.05) is 12.1 Å². The van der Waals surface area contributed by atoms with E-state index in [1.807, 2.05) is 63.4 Å². The molecule has 0 unspecified atom stereocenters. The standard InChI is InChI=1S/C23H26N4O/c1-4-27(21-7-5-6-18(2)16-21)23(28)20-10-14-25-22(17-20)26(3)15-11-19-8-12-24-13-9-19/h5-10,12-14,16-17H,4,11,15H2,1-3H3. The van der Waals surface area contributed by atoms with E-state index in [0.717, 1.165) is 30.0 Å². The van der Waals surface area contributed by atoms with Crippen LogP contribution in [0.15, 0.2) is 67.1 Å². The molecule has 0 N–H and O–H groups in total. The fourth-order valence-corrected chi connectivity index (χ4v) is 3.12. The SMILES string of the molecule is CCN(C(=O)c1ccnc(N(C)CCc2ccncc2)c1)c1cccc(C)c1. The second-order valence-corrected chi connectivity index (χ2v) is 6.82. The van der Waals surface area contributed by atoms with E-state index in [4.69, 9.17) is 0 Å². The summed E-state index contributed by atoms with van der Waals surface area (Å²) in [4.78, 5) is 25.5. The molecule has 2 aromatic heterocycles. The number of nitrogens with zero attached hydrogens (tertiary/aromatic N) is 4. The molecule has 0 aliphatic heterocycles. The average molecular weight is 374 g/mol. The summed E-state index contributed by atoms with van der Waals surface area (Å²) in [6.45, 7) is 5.44. The Balaban J connectivity index is 1.75. The van der Waals surface area contributed by atoms with Crippen LogP contribution in [0, 0.1) is 6.92 Å². The molecular formula is C23H26N4O. The second kappa shape index (κ2) is 9.13. The molecule has 0 saturated carbocycles. The summed E-state index contributed by atoms with van der Waals surface area (Å²) < 4.78 is 0. The first kappa shape index (κ1) is 19.5. The molecular weight excluding hydrogens is 348 g/mol. The normalized spacial score (nSPS) is 10.5. The third-order valence-corrected chi connectivity index (χ3v) is 4.74. The lowest BCUT2D eigenvalue weighted by Crippen LogP contribution is -2.31. The fourth-order valence-electron chi connectivity index (χ4n) is 3.12. The van der Waals surface area contributed by atoms with Crippen LogP contribution in [-0.4, -0.2) is 36.0 Å². The lowest BCUT2D eigenvalue weighted by molar-refractivity contribution is 0.0988. The van der Waals surface area contributed by atoms with Crippen molar-refractivity contribution < 1.29 is 4.79 Å². The van der Waals surface area contributed by atoms with Crippen LogP contribution in [0.3, 0.4) is 0 Å². The van der Waals surface area contributed by atoms with E-state index in [-0.39, 0.29) is 5.91 Å². The minimum absolute atomic E-state index is 0.0146. The van der Waals surface area contributed by atoms with Gasteiger partial charge in [0.15, 0.2) is 0 Å². The van der Waals surface area contributed by atoms with E-state index < -0.39 is 0 Å². The highest BCUT2D eigenvalue weighted by molar-refractivity contribution is 6.06. The van der Waals surface area contributed by atoms with E-state index in [2.05, 4.69) is 14.9 Å². The molecule has 0 spiro atoms. The molecule has 5 nitrogen and oxygen atoms in total. The number of likely N-dealkylation sites (N-methyl/N-ethyl adjacent to an activating group) is 1. The monoisotopic (exact) mass is 374 g/mol. The molecule has 0 bridgehead atoms. The van der Waals surface area contributed by atoms with Crippen LogP contribution in [0.5, 0.6) is 0 Å². The predicted molar refractivity (Wildman–Crippen MR) is 114 cm³/mol. The molecule has 0 radical (unpaired) electrons. The van der Waals surface area contributed by atoms with Gasteiger partial charge in [-0.05, 0) is 67.8 Å². The van der Waals surface area contributed by atoms with Crippen LogP contribution in [0.2, 0.25) is 0 Å². The zero-order chi connectivity index (χ0) is 19.9. The van der Waals surface area contributed by atoms with Gasteiger partial charge in [-0.25, -0.2) is 4.98 Å². The number of aryl methyl sites for hydroxylation is 1. The Labute approximate surface area is 166 Å². The molecule has 5 heteroatoms. The first-order valence-corrected chi connectivity index (χ1v) is 9.53. The van der Waals surface area contributed by atoms with Crippen molar-refractivity contribution in [1.82, 2.24) is 9.97 Å². The maximum Gasteiger partial charge on any atom is 0.258 e. The van der Waals surface area contributed by atoms with E-state index in [0.29, 0.717) is 12.1 Å². The first-order valence-electron chi connectivity index (χ1n) is 9.53. The number of aromatic nitrogens is 2. The topological polar surface area (TPSA) is 49.3 Å². The third kappa shape index (κ3) is 4.74. The minimum Gasteiger partial charge on any atom is -0.359 e. The van der Waals surface area contributed by atoms with Crippen LogP contribution in [0.25, 0.3) is 0 Å². The summed E-state index contributed by atoms with van der Waals surface area (Å²) in [6, 6.07) is 15.7. The molecule has 1 aromatic carbocycles. The van der Waals surface area contributed by atoms with Crippen LogP contribution in [-0.2, 0) is 6.42 Å². The molecule has 0 fully saturated rings. The van der Waals surface area contributed by atoms with Crippen molar-refractivity contribution in [2.75, 3.05) is 29.9 Å². The smallest absolute Gasteiger partial charge is 0.258 e. The van der Waals surface area contributed by atoms with Gasteiger partial charge < -0.3 is 9.80 Å². The minimum atomic E-state index is -0.0146. The molecule has 0 atom stereocenters. The Kier molecular flexibility index (Phi) is 6.37. The zero-order valence-corrected chi connectivity index (χ0v) is 16.7. The zero-order valence-electron chi connectivity index (χ0n) is 16.7. The van der Waals surface area contributed by atoms with Crippen molar-refractivity contribution in [2.45, 2.75) is 20.3 Å². The fraction of sp³-hybridized carbons (Fsp3) is 0.261. The van der Waals surface area contributed by atoms with Crippen molar-refractivity contribution in [2.24, 2.45) is 0 Å². The van der Waals surface area contributed by atoms with Gasteiger partial charge in [0.25, 0.3) is 5.91 Å². The molecule has 0 aliphatic rings. The Morgan fingerprint density at radius 1 is 1.04 bits per heavy atom. The highest BCUT2D eigenvalue weighted by Crippen LogP contribution is 2.20. The van der Waals surface area contributed by atoms with Gasteiger partial charge in [0.2, 0.25) is 0 Å². The Morgan fingerprint density at radius 3 is 2.54 bits per heavy atom. The summed E-state index contributed by atoms with van der Waals surface area (Å²) in [6.07, 6.45) is 6.20. The molecule has 0 aliphatic carbocycles. The van der Waals surface area contributed by atoms with Crippen LogP contribution in [0.4, 0.5) is 11.5 Å². The van der Waals surface area contributed by atoms with Gasteiger partial charge in [-0.2, -0.15) is 0 Å². The molecule has 2 heterocycles. The lowest BCUT2D eigenvalue weighted by atomic mass is 10.1. The highest BCUT2D eigenvalue weighted by atomic mass is 16.2. The van der Waals surface area contributed by atoms with Gasteiger partial charge in [-0.15, -0.1) is 0 Å². The molecule has 3 rings (SSSR count). The summed E-state index contributed by atoms with van der Waals surface area (Å²) in [5.74, 6) is 0.777. The predicted octanol–water partition coefficient (Wildman–Crippen LogP) is 4.13. The van der Waals surface area contributed by atoms with Crippen LogP contribution in [0.1, 0.15) is 28.4 Å². The van der Waals surface area contributed by atoms with Gasteiger partial charge in [0.1, 0.15) is 5.82 Å². The number of hydrogen-bond acceptors (Lipinski definition) is 4.